The number of nitrogens with one attached hydrogen (secondary N) is 1. The van der Waals surface area contributed by atoms with Crippen molar-refractivity contribution in [1.29, 1.82) is 0 Å². The van der Waals surface area contributed by atoms with Gasteiger partial charge in [0, 0.05) is 18.8 Å². The van der Waals surface area contributed by atoms with Gasteiger partial charge in [-0.25, -0.2) is 4.98 Å². The summed E-state index contributed by atoms with van der Waals surface area (Å²) in [6, 6.07) is 0.773. The van der Waals surface area contributed by atoms with Gasteiger partial charge in [-0.15, -0.1) is 0 Å². The highest BCUT2D eigenvalue weighted by atomic mass is 16.2. The van der Waals surface area contributed by atoms with Gasteiger partial charge >= 0.3 is 0 Å². The maximum Gasteiger partial charge on any atom is 0.234 e. The van der Waals surface area contributed by atoms with E-state index in [0.29, 0.717) is 18.6 Å². The highest BCUT2D eigenvalue weighted by molar-refractivity contribution is 5.78. The number of nitrogens with zero attached hydrogens (tertiary/aromatic N) is 3. The number of aryl methyl sites for hydroxylation is 1. The third-order valence-corrected chi connectivity index (χ3v) is 5.36. The van der Waals surface area contributed by atoms with Crippen LogP contribution in [0, 0.1) is 0 Å². The number of carbonyl (C=O) groups is 1. The predicted molar refractivity (Wildman–Crippen MR) is 84.6 cm³/mol. The maximum atomic E-state index is 12.1. The normalized spacial score (nSPS) is 25.2. The van der Waals surface area contributed by atoms with Crippen molar-refractivity contribution in [3.8, 4) is 0 Å². The number of likely N-dealkylation sites (tertiary alicyclic amines) is 1. The van der Waals surface area contributed by atoms with Crippen molar-refractivity contribution in [1.82, 2.24) is 19.8 Å². The van der Waals surface area contributed by atoms with Crippen LogP contribution >= 0.6 is 0 Å². The monoisotopic (exact) mass is 302 g/mol. The molecule has 0 spiro atoms. The lowest BCUT2D eigenvalue weighted by Crippen LogP contribution is -2.38. The van der Waals surface area contributed by atoms with E-state index in [1.807, 2.05) is 0 Å². The zero-order valence-electron chi connectivity index (χ0n) is 13.5. The highest BCUT2D eigenvalue weighted by Gasteiger charge is 2.33. The smallest absolute Gasteiger partial charge is 0.234 e. The first-order valence-corrected chi connectivity index (χ1v) is 8.80. The van der Waals surface area contributed by atoms with E-state index in [2.05, 4.69) is 21.8 Å². The van der Waals surface area contributed by atoms with Crippen molar-refractivity contribution < 1.29 is 4.79 Å². The molecule has 1 aromatic rings. The second-order valence-electron chi connectivity index (χ2n) is 7.10. The van der Waals surface area contributed by atoms with Gasteiger partial charge in [-0.1, -0.05) is 0 Å². The van der Waals surface area contributed by atoms with Crippen molar-refractivity contribution in [3.05, 3.63) is 17.2 Å². The molecule has 2 fully saturated rings. The van der Waals surface area contributed by atoms with E-state index in [9.17, 15) is 4.79 Å². The molecule has 1 saturated heterocycles. The molecular weight excluding hydrogens is 276 g/mol. The summed E-state index contributed by atoms with van der Waals surface area (Å²) < 4.78 is 2.32. The molecule has 2 heterocycles. The number of amides is 1. The second-order valence-corrected chi connectivity index (χ2v) is 7.10. The molecule has 0 unspecified atom stereocenters. The number of imidazole rings is 1. The largest absolute Gasteiger partial charge is 0.352 e. The standard InChI is InChI=1S/C17H26N4O/c1-20-14-6-3-2-5-13(14)19-17(20)15-7-4-10-21(15)11-16(22)18-12-8-9-12/h12,15H,2-11H2,1H3,(H,18,22)/t15-/m1/s1. The van der Waals surface area contributed by atoms with Gasteiger partial charge < -0.3 is 9.88 Å². The summed E-state index contributed by atoms with van der Waals surface area (Å²) in [6.45, 7) is 1.54. The van der Waals surface area contributed by atoms with Gasteiger partial charge in [0.15, 0.2) is 0 Å². The van der Waals surface area contributed by atoms with Crippen molar-refractivity contribution in [3.63, 3.8) is 0 Å². The van der Waals surface area contributed by atoms with Gasteiger partial charge in [0.05, 0.1) is 18.3 Å². The Hall–Kier alpha value is -1.36. The van der Waals surface area contributed by atoms with Gasteiger partial charge in [-0.3, -0.25) is 9.69 Å². The van der Waals surface area contributed by atoms with E-state index in [1.165, 1.54) is 36.5 Å². The summed E-state index contributed by atoms with van der Waals surface area (Å²) >= 11 is 0. The minimum absolute atomic E-state index is 0.188. The maximum absolute atomic E-state index is 12.1. The van der Waals surface area contributed by atoms with Gasteiger partial charge in [0.2, 0.25) is 5.91 Å². The summed E-state index contributed by atoms with van der Waals surface area (Å²) in [7, 11) is 2.16. The van der Waals surface area contributed by atoms with Crippen LogP contribution in [0.15, 0.2) is 0 Å². The summed E-state index contributed by atoms with van der Waals surface area (Å²) in [5.41, 5.74) is 2.73. The average molecular weight is 302 g/mol. The number of carbonyl (C=O) groups excluding carboxylic acids is 1. The van der Waals surface area contributed by atoms with Gasteiger partial charge in [0.25, 0.3) is 0 Å². The molecule has 2 aliphatic carbocycles. The molecule has 5 heteroatoms. The number of aromatic nitrogens is 2. The molecule has 1 N–H and O–H groups in total. The van der Waals surface area contributed by atoms with E-state index in [1.54, 1.807) is 0 Å². The molecule has 4 rings (SSSR count). The number of hydrogen-bond acceptors (Lipinski definition) is 3. The summed E-state index contributed by atoms with van der Waals surface area (Å²) in [6.07, 6.45) is 9.43. The number of rotatable bonds is 4. The number of fused-ring (bicyclic) bond motifs is 1. The van der Waals surface area contributed by atoms with Gasteiger partial charge in [0.1, 0.15) is 5.82 Å². The molecular formula is C17H26N4O. The fourth-order valence-electron chi connectivity index (χ4n) is 4.00. The predicted octanol–water partition coefficient (Wildman–Crippen LogP) is 1.71. The molecule has 22 heavy (non-hydrogen) atoms. The van der Waals surface area contributed by atoms with E-state index < -0.39 is 0 Å². The Bertz CT molecular complexity index is 575. The van der Waals surface area contributed by atoms with Gasteiger partial charge in [-0.2, -0.15) is 0 Å². The molecule has 5 nitrogen and oxygen atoms in total. The molecule has 0 bridgehead atoms. The van der Waals surface area contributed by atoms with E-state index in [-0.39, 0.29) is 5.91 Å². The van der Waals surface area contributed by atoms with Gasteiger partial charge in [-0.05, 0) is 57.9 Å². The Kier molecular flexibility index (Phi) is 3.68. The van der Waals surface area contributed by atoms with Crippen LogP contribution in [0.1, 0.15) is 61.8 Å². The Morgan fingerprint density at radius 3 is 2.82 bits per heavy atom. The quantitative estimate of drug-likeness (QED) is 0.921. The molecule has 1 amide bonds. The van der Waals surface area contributed by atoms with E-state index >= 15 is 0 Å². The molecule has 1 aromatic heterocycles. The molecule has 1 atom stereocenters. The van der Waals surface area contributed by atoms with Crippen LogP contribution in [-0.4, -0.2) is 39.5 Å². The molecule has 120 valence electrons. The minimum atomic E-state index is 0.188. The topological polar surface area (TPSA) is 50.2 Å². The Labute approximate surface area is 132 Å². The van der Waals surface area contributed by atoms with Crippen LogP contribution in [0.5, 0.6) is 0 Å². The lowest BCUT2D eigenvalue weighted by molar-refractivity contribution is -0.122. The second kappa shape index (κ2) is 5.69. The Morgan fingerprint density at radius 1 is 1.23 bits per heavy atom. The van der Waals surface area contributed by atoms with Crippen LogP contribution in [0.25, 0.3) is 0 Å². The minimum Gasteiger partial charge on any atom is -0.352 e. The first kappa shape index (κ1) is 14.2. The fraction of sp³-hybridized carbons (Fsp3) is 0.765. The summed E-state index contributed by atoms with van der Waals surface area (Å²) in [5, 5.41) is 3.11. The van der Waals surface area contributed by atoms with Crippen LogP contribution in [-0.2, 0) is 24.7 Å². The number of hydrogen-bond donors (Lipinski definition) is 1. The first-order valence-electron chi connectivity index (χ1n) is 8.80. The van der Waals surface area contributed by atoms with Crippen LogP contribution in [0.4, 0.5) is 0 Å². The highest BCUT2D eigenvalue weighted by Crippen LogP contribution is 2.33. The van der Waals surface area contributed by atoms with E-state index in [0.717, 1.165) is 38.6 Å². The fourth-order valence-corrected chi connectivity index (χ4v) is 4.00. The molecule has 1 aliphatic heterocycles. The first-order chi connectivity index (χ1) is 10.7. The summed E-state index contributed by atoms with van der Waals surface area (Å²) in [4.78, 5) is 19.4. The van der Waals surface area contributed by atoms with E-state index in [4.69, 9.17) is 4.98 Å². The molecule has 1 saturated carbocycles. The third kappa shape index (κ3) is 2.67. The van der Waals surface area contributed by atoms with Crippen molar-refractivity contribution in [2.24, 2.45) is 7.05 Å². The van der Waals surface area contributed by atoms with Crippen molar-refractivity contribution in [2.75, 3.05) is 13.1 Å². The van der Waals surface area contributed by atoms with Crippen LogP contribution in [0.3, 0.4) is 0 Å². The molecule has 0 radical (unpaired) electrons. The van der Waals surface area contributed by atoms with Crippen LogP contribution in [0.2, 0.25) is 0 Å². The zero-order chi connectivity index (χ0) is 15.1. The van der Waals surface area contributed by atoms with Crippen molar-refractivity contribution >= 4 is 5.91 Å². The summed E-state index contributed by atoms with van der Waals surface area (Å²) in [5.74, 6) is 1.37. The lowest BCUT2D eigenvalue weighted by Gasteiger charge is -2.23. The zero-order valence-corrected chi connectivity index (χ0v) is 13.5. The third-order valence-electron chi connectivity index (χ3n) is 5.36. The molecule has 3 aliphatic rings. The van der Waals surface area contributed by atoms with Crippen molar-refractivity contribution in [2.45, 2.75) is 63.5 Å². The lowest BCUT2D eigenvalue weighted by atomic mass is 10.0. The molecule has 0 aromatic carbocycles. The average Bonchev–Trinajstić information content (AvgIpc) is 3.10. The Balaban J connectivity index is 1.50. The Morgan fingerprint density at radius 2 is 2.05 bits per heavy atom. The SMILES string of the molecule is Cn1c([C@H]2CCCN2CC(=O)NC2CC2)nc2c1CCCC2. The van der Waals surface area contributed by atoms with Crippen LogP contribution < -0.4 is 5.32 Å².